The fraction of sp³-hybridized carbons (Fsp3) is 0.444. The van der Waals surface area contributed by atoms with Gasteiger partial charge in [0.1, 0.15) is 5.60 Å². The van der Waals surface area contributed by atoms with Gasteiger partial charge in [-0.2, -0.15) is 0 Å². The fourth-order valence-corrected chi connectivity index (χ4v) is 5.57. The number of rotatable bonds is 4. The van der Waals surface area contributed by atoms with Crippen LogP contribution in [0.1, 0.15) is 48.9 Å². The Labute approximate surface area is 200 Å². The molecule has 0 unspecified atom stereocenters. The summed E-state index contributed by atoms with van der Waals surface area (Å²) in [6, 6.07) is 17.3. The first-order chi connectivity index (χ1) is 16.5. The van der Waals surface area contributed by atoms with Crippen molar-refractivity contribution in [3.63, 3.8) is 0 Å². The number of anilines is 2. The Hall–Kier alpha value is -3.35. The second-order valence-electron chi connectivity index (χ2n) is 9.54. The molecule has 3 aliphatic rings. The van der Waals surface area contributed by atoms with Crippen LogP contribution in [0.5, 0.6) is 0 Å². The molecule has 1 saturated carbocycles. The van der Waals surface area contributed by atoms with E-state index < -0.39 is 11.5 Å². The van der Waals surface area contributed by atoms with Gasteiger partial charge in [0.05, 0.1) is 12.3 Å². The van der Waals surface area contributed by atoms with E-state index in [1.807, 2.05) is 23.1 Å². The van der Waals surface area contributed by atoms with Crippen LogP contribution in [0, 0.1) is 5.92 Å². The summed E-state index contributed by atoms with van der Waals surface area (Å²) in [6.07, 6.45) is 4.65. The number of nitrogens with one attached hydrogen (secondary N) is 1. The number of carbonyl (C=O) groups excluding carboxylic acids is 3. The number of para-hydroxylation sites is 1. The zero-order valence-electron chi connectivity index (χ0n) is 19.4. The van der Waals surface area contributed by atoms with E-state index in [1.54, 1.807) is 24.3 Å². The number of nitrogens with zero attached hydrogens (tertiary/aromatic N) is 2. The summed E-state index contributed by atoms with van der Waals surface area (Å²) in [5.74, 6) is -1.01. The van der Waals surface area contributed by atoms with Gasteiger partial charge in [-0.1, -0.05) is 30.7 Å². The van der Waals surface area contributed by atoms with E-state index in [0.29, 0.717) is 24.3 Å². The number of piperazine rings is 1. The SMILES string of the molecule is O=C1C[C@@H](C(=O)Nc2cccc(C(=O)N3CCN(c4ccccc4)CC3)c2)C2(CCCCC2)O1. The largest absolute Gasteiger partial charge is 0.458 e. The summed E-state index contributed by atoms with van der Waals surface area (Å²) in [4.78, 5) is 42.5. The molecule has 2 saturated heterocycles. The van der Waals surface area contributed by atoms with Crippen molar-refractivity contribution in [3.8, 4) is 0 Å². The van der Waals surface area contributed by atoms with Crippen LogP contribution in [0.2, 0.25) is 0 Å². The maximum atomic E-state index is 13.2. The molecule has 1 spiro atoms. The third-order valence-electron chi connectivity index (χ3n) is 7.40. The topological polar surface area (TPSA) is 79.0 Å². The monoisotopic (exact) mass is 461 g/mol. The van der Waals surface area contributed by atoms with Gasteiger partial charge in [-0.15, -0.1) is 0 Å². The molecule has 7 heteroatoms. The smallest absolute Gasteiger partial charge is 0.307 e. The van der Waals surface area contributed by atoms with E-state index in [4.69, 9.17) is 4.74 Å². The molecule has 2 heterocycles. The van der Waals surface area contributed by atoms with Crippen molar-refractivity contribution in [2.75, 3.05) is 36.4 Å². The number of hydrogen-bond acceptors (Lipinski definition) is 5. The molecule has 2 aliphatic heterocycles. The van der Waals surface area contributed by atoms with Gasteiger partial charge in [0.2, 0.25) is 5.91 Å². The molecule has 178 valence electrons. The highest BCUT2D eigenvalue weighted by Crippen LogP contribution is 2.44. The van der Waals surface area contributed by atoms with Crippen molar-refractivity contribution in [2.45, 2.75) is 44.1 Å². The first-order valence-electron chi connectivity index (χ1n) is 12.3. The third-order valence-corrected chi connectivity index (χ3v) is 7.40. The van der Waals surface area contributed by atoms with Gasteiger partial charge in [0.15, 0.2) is 0 Å². The van der Waals surface area contributed by atoms with E-state index in [2.05, 4.69) is 22.3 Å². The van der Waals surface area contributed by atoms with Gasteiger partial charge >= 0.3 is 5.97 Å². The molecular weight excluding hydrogens is 430 g/mol. The van der Waals surface area contributed by atoms with E-state index in [-0.39, 0.29) is 24.2 Å². The standard InChI is InChI=1S/C27H31N3O4/c31-24-19-23(27(34-24)12-5-2-6-13-27)25(32)28-21-9-7-8-20(18-21)26(33)30-16-14-29(15-17-30)22-10-3-1-4-11-22/h1,3-4,7-11,18,23H,2,5-6,12-17,19H2,(H,28,32)/t23-/m0/s1. The summed E-state index contributed by atoms with van der Waals surface area (Å²) in [5, 5.41) is 2.95. The summed E-state index contributed by atoms with van der Waals surface area (Å²) in [6.45, 7) is 2.86. The van der Waals surface area contributed by atoms with Crippen molar-refractivity contribution in [3.05, 3.63) is 60.2 Å². The van der Waals surface area contributed by atoms with Crippen LogP contribution in [-0.4, -0.2) is 54.5 Å². The van der Waals surface area contributed by atoms with Crippen molar-refractivity contribution >= 4 is 29.2 Å². The number of benzene rings is 2. The zero-order valence-corrected chi connectivity index (χ0v) is 19.4. The molecule has 5 rings (SSSR count). The predicted octanol–water partition coefficient (Wildman–Crippen LogP) is 3.85. The van der Waals surface area contributed by atoms with Crippen LogP contribution in [0.25, 0.3) is 0 Å². The highest BCUT2D eigenvalue weighted by Gasteiger charge is 2.52. The average molecular weight is 462 g/mol. The van der Waals surface area contributed by atoms with Crippen LogP contribution < -0.4 is 10.2 Å². The van der Waals surface area contributed by atoms with Gasteiger partial charge in [-0.25, -0.2) is 0 Å². The maximum absolute atomic E-state index is 13.2. The van der Waals surface area contributed by atoms with Crippen molar-refractivity contribution in [1.29, 1.82) is 0 Å². The second kappa shape index (κ2) is 9.49. The first-order valence-corrected chi connectivity index (χ1v) is 12.3. The zero-order chi connectivity index (χ0) is 23.5. The molecule has 34 heavy (non-hydrogen) atoms. The Bertz CT molecular complexity index is 1060. The number of esters is 1. The number of amides is 2. The lowest BCUT2D eigenvalue weighted by Gasteiger charge is -2.36. The molecule has 2 amide bonds. The molecular formula is C27H31N3O4. The van der Waals surface area contributed by atoms with Crippen LogP contribution in [0.4, 0.5) is 11.4 Å². The lowest BCUT2D eigenvalue weighted by Crippen LogP contribution is -2.48. The Morgan fingerprint density at radius 2 is 1.65 bits per heavy atom. The molecule has 1 N–H and O–H groups in total. The Kier molecular flexibility index (Phi) is 6.26. The summed E-state index contributed by atoms with van der Waals surface area (Å²) < 4.78 is 5.68. The highest BCUT2D eigenvalue weighted by molar-refractivity contribution is 5.99. The molecule has 1 aliphatic carbocycles. The number of hydrogen-bond donors (Lipinski definition) is 1. The van der Waals surface area contributed by atoms with Crippen LogP contribution >= 0.6 is 0 Å². The summed E-state index contributed by atoms with van der Waals surface area (Å²) in [5.41, 5.74) is 1.64. The Morgan fingerprint density at radius 1 is 0.912 bits per heavy atom. The molecule has 0 bridgehead atoms. The normalized spacial score (nSPS) is 21.9. The van der Waals surface area contributed by atoms with E-state index in [9.17, 15) is 14.4 Å². The molecule has 0 aromatic heterocycles. The lowest BCUT2D eigenvalue weighted by molar-refractivity contribution is -0.153. The number of ether oxygens (including phenoxy) is 1. The molecule has 2 aromatic carbocycles. The Morgan fingerprint density at radius 3 is 2.38 bits per heavy atom. The number of carbonyl (C=O) groups is 3. The van der Waals surface area contributed by atoms with Crippen molar-refractivity contribution in [2.24, 2.45) is 5.92 Å². The third kappa shape index (κ3) is 4.52. The minimum atomic E-state index is -0.661. The van der Waals surface area contributed by atoms with Gasteiger partial charge in [0.25, 0.3) is 5.91 Å². The Balaban J connectivity index is 1.23. The molecule has 2 aromatic rings. The van der Waals surface area contributed by atoms with E-state index >= 15 is 0 Å². The van der Waals surface area contributed by atoms with Gasteiger partial charge < -0.3 is 19.9 Å². The summed E-state index contributed by atoms with van der Waals surface area (Å²) >= 11 is 0. The lowest BCUT2D eigenvalue weighted by atomic mass is 9.75. The predicted molar refractivity (Wildman–Crippen MR) is 130 cm³/mol. The molecule has 1 atom stereocenters. The van der Waals surface area contributed by atoms with E-state index in [1.165, 1.54) is 5.69 Å². The maximum Gasteiger partial charge on any atom is 0.307 e. The molecule has 7 nitrogen and oxygen atoms in total. The van der Waals surface area contributed by atoms with Crippen molar-refractivity contribution < 1.29 is 19.1 Å². The van der Waals surface area contributed by atoms with Gasteiger partial charge in [-0.3, -0.25) is 14.4 Å². The highest BCUT2D eigenvalue weighted by atomic mass is 16.6. The van der Waals surface area contributed by atoms with Gasteiger partial charge in [0, 0.05) is 43.1 Å². The fourth-order valence-electron chi connectivity index (χ4n) is 5.57. The quantitative estimate of drug-likeness (QED) is 0.700. The average Bonchev–Trinajstić information content (AvgIpc) is 3.19. The molecule has 3 fully saturated rings. The van der Waals surface area contributed by atoms with Crippen LogP contribution in [0.3, 0.4) is 0 Å². The van der Waals surface area contributed by atoms with Gasteiger partial charge in [-0.05, 0) is 56.0 Å². The van der Waals surface area contributed by atoms with Crippen LogP contribution in [-0.2, 0) is 14.3 Å². The second-order valence-corrected chi connectivity index (χ2v) is 9.54. The first kappa shape index (κ1) is 22.4. The summed E-state index contributed by atoms with van der Waals surface area (Å²) in [7, 11) is 0. The minimum absolute atomic E-state index is 0.0352. The van der Waals surface area contributed by atoms with E-state index in [0.717, 1.165) is 45.2 Å². The molecule has 0 radical (unpaired) electrons. The minimum Gasteiger partial charge on any atom is -0.458 e. The van der Waals surface area contributed by atoms with Crippen LogP contribution in [0.15, 0.2) is 54.6 Å². The van der Waals surface area contributed by atoms with Crippen molar-refractivity contribution in [1.82, 2.24) is 4.90 Å².